The number of ketones is 4. The maximum Gasteiger partial charge on any atom is 0.305 e. The molecule has 3 aliphatic carbocycles. The first-order valence-corrected chi connectivity index (χ1v) is 32.1. The van der Waals surface area contributed by atoms with E-state index in [9.17, 15) is 33.6 Å². The predicted molar refractivity (Wildman–Crippen MR) is 320 cm³/mol. The number of Topliss-reactive ketones (excluding diaryl/α,β-unsaturated/α-hetero) is 4. The molecule has 0 spiro atoms. The van der Waals surface area contributed by atoms with Gasteiger partial charge >= 0.3 is 5.97 Å². The van der Waals surface area contributed by atoms with E-state index < -0.39 is 29.9 Å². The quantitative estimate of drug-likeness (QED) is 0.0336. The highest BCUT2D eigenvalue weighted by atomic mass is 16.6. The number of hydrogen-bond acceptors (Lipinski definition) is 19. The Bertz CT molecular complexity index is 2160. The maximum absolute atomic E-state index is 14.0. The Balaban J connectivity index is 1.09. The van der Waals surface area contributed by atoms with Crippen LogP contribution in [0.25, 0.3) is 0 Å². The molecule has 1 fully saturated rings. The minimum atomic E-state index is -0.826. The van der Waals surface area contributed by atoms with Crippen molar-refractivity contribution in [1.29, 1.82) is 0 Å². The number of fused-ring (bicyclic) bond motifs is 2. The Morgan fingerprint density at radius 2 is 1.17 bits per heavy atom. The number of carbonyl (C=O) groups excluding carboxylic acids is 7. The van der Waals surface area contributed by atoms with Crippen molar-refractivity contribution in [2.45, 2.75) is 175 Å². The fourth-order valence-electron chi connectivity index (χ4n) is 10.9. The molecule has 0 radical (unpaired) electrons. The Labute approximate surface area is 511 Å². The van der Waals surface area contributed by atoms with Gasteiger partial charge in [-0.1, -0.05) is 53.9 Å². The van der Waals surface area contributed by atoms with E-state index >= 15 is 0 Å². The van der Waals surface area contributed by atoms with Crippen LogP contribution in [0.1, 0.15) is 181 Å². The molecule has 0 aliphatic heterocycles. The number of amides is 2. The highest BCUT2D eigenvalue weighted by molar-refractivity contribution is 5.94. The van der Waals surface area contributed by atoms with Gasteiger partial charge in [0.05, 0.1) is 111 Å². The van der Waals surface area contributed by atoms with E-state index in [0.29, 0.717) is 174 Å². The van der Waals surface area contributed by atoms with Crippen molar-refractivity contribution in [1.82, 2.24) is 26.0 Å². The lowest BCUT2D eigenvalue weighted by atomic mass is 9.87. The second kappa shape index (κ2) is 44.8. The van der Waals surface area contributed by atoms with Crippen LogP contribution in [0.3, 0.4) is 0 Å². The zero-order valence-electron chi connectivity index (χ0n) is 52.8. The van der Waals surface area contributed by atoms with Crippen LogP contribution < -0.4 is 10.6 Å². The van der Waals surface area contributed by atoms with Gasteiger partial charge in [0.25, 0.3) is 0 Å². The van der Waals surface area contributed by atoms with Crippen LogP contribution in [0.15, 0.2) is 0 Å². The Hall–Kier alpha value is -4.57. The molecule has 3 unspecified atom stereocenters. The van der Waals surface area contributed by atoms with Crippen molar-refractivity contribution in [2.75, 3.05) is 125 Å². The van der Waals surface area contributed by atoms with E-state index in [1.165, 1.54) is 6.92 Å². The summed E-state index contributed by atoms with van der Waals surface area (Å²) < 4.78 is 56.5. The third-order valence-electron chi connectivity index (χ3n) is 15.9. The number of nitrogens with one attached hydrogen (secondary N) is 3. The number of ether oxygens (including phenoxy) is 10. The number of rotatable bonds is 51. The molecule has 4 rings (SSSR count). The number of esters is 1. The smallest absolute Gasteiger partial charge is 0.305 e. The van der Waals surface area contributed by atoms with Crippen molar-refractivity contribution in [3.8, 4) is 11.8 Å². The van der Waals surface area contributed by atoms with E-state index in [4.69, 9.17) is 47.4 Å². The van der Waals surface area contributed by atoms with Gasteiger partial charge in [0.2, 0.25) is 11.8 Å². The molecular formula is C64H105N5O17. The van der Waals surface area contributed by atoms with Crippen molar-refractivity contribution < 1.29 is 80.9 Å². The van der Waals surface area contributed by atoms with Crippen LogP contribution in [-0.2, 0) is 80.9 Å². The van der Waals surface area contributed by atoms with Crippen LogP contribution >= 0.6 is 0 Å². The molecule has 3 aliphatic rings. The number of nitrogens with zero attached hydrogens (tertiary/aromatic N) is 2. The molecule has 1 saturated carbocycles. The van der Waals surface area contributed by atoms with Gasteiger partial charge in [-0.3, -0.25) is 33.6 Å². The van der Waals surface area contributed by atoms with Crippen LogP contribution in [-0.4, -0.2) is 188 Å². The SMILES string of the molecule is CC(=O)CCOCCOCCOCCOCCC1CCCCC(OCC(=O)NCCCC[C@@H](CC(=O)CCOCCOCCOCCOCCCC(=O)OCC2[C@H]3CCC#CCC[C@@H]23)C(=O)N[C@H](C(=O)C[C@@H](C)C(=O)C(C)C)C(C)C)c2n[nH]nc21. The first-order valence-electron chi connectivity index (χ1n) is 32.1. The van der Waals surface area contributed by atoms with E-state index in [1.807, 2.05) is 13.8 Å². The predicted octanol–water partition coefficient (Wildman–Crippen LogP) is 7.00. The second-order valence-electron chi connectivity index (χ2n) is 23.6. The fraction of sp³-hybridized carbons (Fsp3) is 0.828. The summed E-state index contributed by atoms with van der Waals surface area (Å²) in [6, 6.07) is -0.826. The largest absolute Gasteiger partial charge is 0.465 e. The zero-order valence-corrected chi connectivity index (χ0v) is 52.8. The van der Waals surface area contributed by atoms with E-state index in [-0.39, 0.29) is 91.8 Å². The van der Waals surface area contributed by atoms with E-state index in [0.717, 1.165) is 57.1 Å². The van der Waals surface area contributed by atoms with E-state index in [2.05, 4.69) is 37.9 Å². The molecule has 8 atom stereocenters. The number of aromatic amines is 1. The average Bonchev–Trinajstić information content (AvgIpc) is 2.60. The molecule has 1 heterocycles. The number of H-pyrrole nitrogens is 1. The summed E-state index contributed by atoms with van der Waals surface area (Å²) >= 11 is 0. The highest BCUT2D eigenvalue weighted by Gasteiger charge is 2.49. The topological polar surface area (TPSA) is 277 Å². The van der Waals surface area contributed by atoms with Gasteiger partial charge in [0, 0.05) is 88.4 Å². The van der Waals surface area contributed by atoms with Crippen molar-refractivity contribution in [3.05, 3.63) is 11.4 Å². The Kier molecular flexibility index (Phi) is 38.5. The summed E-state index contributed by atoms with van der Waals surface area (Å²) in [7, 11) is 0. The highest BCUT2D eigenvalue weighted by Crippen LogP contribution is 2.52. The van der Waals surface area contributed by atoms with Crippen molar-refractivity contribution in [2.24, 2.45) is 41.4 Å². The number of hydrogen-bond donors (Lipinski definition) is 3. The monoisotopic (exact) mass is 1220 g/mol. The summed E-state index contributed by atoms with van der Waals surface area (Å²) in [5.41, 5.74) is 1.54. The molecule has 488 valence electrons. The molecule has 2 amide bonds. The lowest BCUT2D eigenvalue weighted by molar-refractivity contribution is -0.144. The number of carbonyl (C=O) groups is 7. The van der Waals surface area contributed by atoms with Gasteiger partial charge in [-0.05, 0) is 82.0 Å². The van der Waals surface area contributed by atoms with Crippen molar-refractivity contribution in [3.63, 3.8) is 0 Å². The normalized spacial score (nSPS) is 19.3. The number of aromatic nitrogens is 3. The van der Waals surface area contributed by atoms with Crippen molar-refractivity contribution >= 4 is 40.9 Å². The first-order chi connectivity index (χ1) is 41.7. The zero-order chi connectivity index (χ0) is 62.2. The lowest BCUT2D eigenvalue weighted by Crippen LogP contribution is -2.47. The molecular weight excluding hydrogens is 1110 g/mol. The van der Waals surface area contributed by atoms with Gasteiger partial charge in [-0.15, -0.1) is 11.8 Å². The van der Waals surface area contributed by atoms with Crippen LogP contribution in [0.5, 0.6) is 0 Å². The molecule has 86 heavy (non-hydrogen) atoms. The fourth-order valence-corrected chi connectivity index (χ4v) is 10.9. The molecule has 0 bridgehead atoms. The lowest BCUT2D eigenvalue weighted by Gasteiger charge is -2.25. The van der Waals surface area contributed by atoms with Gasteiger partial charge in [-0.25, -0.2) is 0 Å². The molecule has 1 aromatic heterocycles. The summed E-state index contributed by atoms with van der Waals surface area (Å²) in [6.07, 6.45) is 10.7. The molecule has 0 aromatic carbocycles. The third kappa shape index (κ3) is 31.6. The Morgan fingerprint density at radius 1 is 0.616 bits per heavy atom. The summed E-state index contributed by atoms with van der Waals surface area (Å²) in [6.45, 7) is 17.5. The van der Waals surface area contributed by atoms with Gasteiger partial charge in [-0.2, -0.15) is 15.4 Å². The molecule has 0 saturated heterocycles. The van der Waals surface area contributed by atoms with Crippen LogP contribution in [0.2, 0.25) is 0 Å². The summed E-state index contributed by atoms with van der Waals surface area (Å²) in [4.78, 5) is 89.8. The maximum atomic E-state index is 14.0. The summed E-state index contributed by atoms with van der Waals surface area (Å²) in [5, 5.41) is 17.6. The van der Waals surface area contributed by atoms with Gasteiger partial charge in [0.1, 0.15) is 35.8 Å². The third-order valence-corrected chi connectivity index (χ3v) is 15.9. The van der Waals surface area contributed by atoms with Crippen LogP contribution in [0.4, 0.5) is 0 Å². The second-order valence-corrected chi connectivity index (χ2v) is 23.6. The first kappa shape index (κ1) is 73.9. The molecule has 22 heteroatoms. The molecule has 3 N–H and O–H groups in total. The Morgan fingerprint density at radius 3 is 1.77 bits per heavy atom. The minimum Gasteiger partial charge on any atom is -0.465 e. The average molecular weight is 1220 g/mol. The van der Waals surface area contributed by atoms with Crippen LogP contribution in [0, 0.1) is 53.3 Å². The standard InChI is InChI=1S/C64H105N5O17/c1-46(2)60(56(72)42-48(5)63(75)47(3)4)66-64(76)51(43-52(71)24-29-80-33-37-84-39-38-81-34-30-77-26-15-21-59(74)86-44-55-53-18-9-7-8-10-19-54(53)55)17-13-14-25-65-58(73)45-85-57-20-12-11-16-50(61-62(57)68-69-67-61)23-28-79-32-36-83-41-40-82-35-31-78-27-22-49(6)70/h46-48,50-51,53-55,57,60H,9-45H2,1-6H3,(H,65,73)(H,66,76)(H,67,68,69)/t48-,50?,51+,53-,54+,55?,57?,60+/m1/s1. The molecule has 22 nitrogen and oxygen atoms in total. The molecule has 1 aromatic rings. The number of unbranched alkanes of at least 4 members (excludes halogenated alkanes) is 1. The van der Waals surface area contributed by atoms with Gasteiger partial charge < -0.3 is 58.0 Å². The van der Waals surface area contributed by atoms with E-state index in [1.54, 1.807) is 20.8 Å². The van der Waals surface area contributed by atoms with Gasteiger partial charge in [0.15, 0.2) is 5.78 Å². The summed E-state index contributed by atoms with van der Waals surface area (Å²) in [5.74, 6) is 5.49. The minimum absolute atomic E-state index is 0.00686.